The summed E-state index contributed by atoms with van der Waals surface area (Å²) >= 11 is 18.1. The van der Waals surface area contributed by atoms with E-state index in [-0.39, 0.29) is 0 Å². The Morgan fingerprint density at radius 2 is 1.29 bits per heavy atom. The second kappa shape index (κ2) is 17.6. The van der Waals surface area contributed by atoms with Gasteiger partial charge in [-0.3, -0.25) is 0 Å². The molecule has 0 amide bonds. The Bertz CT molecular complexity index is 345. The Balaban J connectivity index is 4.05. The van der Waals surface area contributed by atoms with Crippen LogP contribution in [0.4, 0.5) is 0 Å². The highest BCUT2D eigenvalue weighted by atomic mass is 35.6. The molecule has 0 rings (SSSR count). The van der Waals surface area contributed by atoms with Crippen molar-refractivity contribution in [2.45, 2.75) is 87.4 Å². The zero-order chi connectivity index (χ0) is 21.3. The van der Waals surface area contributed by atoms with Crippen molar-refractivity contribution in [1.82, 2.24) is 0 Å². The van der Waals surface area contributed by atoms with Crippen LogP contribution in [0, 0.1) is 5.92 Å². The smallest absolute Gasteiger partial charge is 0.381 e. The Morgan fingerprint density at radius 1 is 0.750 bits per heavy atom. The monoisotopic (exact) mass is 478 g/mol. The Labute approximate surface area is 189 Å². The van der Waals surface area contributed by atoms with Crippen molar-refractivity contribution in [1.29, 1.82) is 0 Å². The van der Waals surface area contributed by atoms with Crippen LogP contribution >= 0.6 is 34.8 Å². The first-order valence-corrected chi connectivity index (χ1v) is 13.7. The first-order chi connectivity index (χ1) is 13.3. The molecule has 0 bridgehead atoms. The normalized spacial score (nSPS) is 13.8. The van der Waals surface area contributed by atoms with Crippen molar-refractivity contribution in [3.8, 4) is 0 Å². The third-order valence-electron chi connectivity index (χ3n) is 5.14. The average Bonchev–Trinajstić information content (AvgIpc) is 2.66. The van der Waals surface area contributed by atoms with Crippen molar-refractivity contribution in [3.63, 3.8) is 0 Å². The molecule has 0 aliphatic heterocycles. The van der Waals surface area contributed by atoms with E-state index in [4.69, 9.17) is 52.8 Å². The number of alkyl halides is 3. The van der Waals surface area contributed by atoms with Gasteiger partial charge < -0.3 is 18.0 Å². The summed E-state index contributed by atoms with van der Waals surface area (Å²) in [5, 5.41) is 0. The maximum atomic E-state index is 6.04. The third kappa shape index (κ3) is 15.7. The average molecular weight is 480 g/mol. The van der Waals surface area contributed by atoms with Gasteiger partial charge in [0.2, 0.25) is 0 Å². The predicted molar refractivity (Wildman–Crippen MR) is 123 cm³/mol. The molecule has 28 heavy (non-hydrogen) atoms. The molecule has 0 radical (unpaired) electrons. The molecule has 4 nitrogen and oxygen atoms in total. The summed E-state index contributed by atoms with van der Waals surface area (Å²) in [6, 6.07) is 0.629. The van der Waals surface area contributed by atoms with Gasteiger partial charge in [0, 0.05) is 34.0 Å². The molecule has 170 valence electrons. The van der Waals surface area contributed by atoms with Crippen LogP contribution in [-0.4, -0.2) is 47.1 Å². The Kier molecular flexibility index (Phi) is 18.2. The van der Waals surface area contributed by atoms with Crippen molar-refractivity contribution < 1.29 is 18.0 Å². The SMILES string of the molecule is CCCCCCCCCCC(CCOCC[Si](OC)(OC)OC)CC(Cl)(Cl)Cl. The molecule has 0 aliphatic rings. The molecule has 0 spiro atoms. The van der Waals surface area contributed by atoms with Gasteiger partial charge in [-0.1, -0.05) is 99.5 Å². The highest BCUT2D eigenvalue weighted by molar-refractivity contribution is 6.67. The standard InChI is InChI=1S/C20H41Cl3O4Si/c1-5-6-7-8-9-10-11-12-13-19(18-20(21,22)23)14-15-27-16-17-28(24-2,25-3)26-4/h19H,5-18H2,1-4H3. The summed E-state index contributed by atoms with van der Waals surface area (Å²) in [7, 11) is 2.27. The van der Waals surface area contributed by atoms with Gasteiger partial charge in [0.05, 0.1) is 6.61 Å². The lowest BCUT2D eigenvalue weighted by Gasteiger charge is -2.24. The van der Waals surface area contributed by atoms with E-state index in [1.165, 1.54) is 51.4 Å². The summed E-state index contributed by atoms with van der Waals surface area (Å²) in [6.45, 7) is 3.43. The lowest BCUT2D eigenvalue weighted by molar-refractivity contribution is 0.0894. The number of hydrogen-bond acceptors (Lipinski definition) is 4. The number of halogens is 3. The number of unbranched alkanes of at least 4 members (excludes halogenated alkanes) is 7. The van der Waals surface area contributed by atoms with Crippen LogP contribution in [-0.2, 0) is 18.0 Å². The molecule has 0 N–H and O–H groups in total. The molecule has 0 aromatic rings. The zero-order valence-electron chi connectivity index (χ0n) is 18.2. The summed E-state index contributed by atoms with van der Waals surface area (Å²) in [5.41, 5.74) is 0. The van der Waals surface area contributed by atoms with Crippen LogP contribution in [0.5, 0.6) is 0 Å². The van der Waals surface area contributed by atoms with Crippen LogP contribution in [0.2, 0.25) is 6.04 Å². The summed E-state index contributed by atoms with van der Waals surface area (Å²) in [4.78, 5) is 0. The molecule has 0 saturated carbocycles. The van der Waals surface area contributed by atoms with Crippen molar-refractivity contribution in [3.05, 3.63) is 0 Å². The van der Waals surface area contributed by atoms with Crippen LogP contribution in [0.15, 0.2) is 0 Å². The van der Waals surface area contributed by atoms with Gasteiger partial charge in [0.1, 0.15) is 0 Å². The van der Waals surface area contributed by atoms with Gasteiger partial charge >= 0.3 is 8.80 Å². The largest absolute Gasteiger partial charge is 0.502 e. The van der Waals surface area contributed by atoms with E-state index < -0.39 is 12.6 Å². The zero-order valence-corrected chi connectivity index (χ0v) is 21.5. The highest BCUT2D eigenvalue weighted by Gasteiger charge is 2.37. The van der Waals surface area contributed by atoms with Gasteiger partial charge in [-0.05, 0) is 18.8 Å². The number of hydrogen-bond donors (Lipinski definition) is 0. The number of ether oxygens (including phenoxy) is 1. The molecule has 0 aliphatic carbocycles. The quantitative estimate of drug-likeness (QED) is 0.112. The van der Waals surface area contributed by atoms with Crippen molar-refractivity contribution in [2.75, 3.05) is 34.5 Å². The molecule has 1 atom stereocenters. The lowest BCUT2D eigenvalue weighted by atomic mass is 9.95. The van der Waals surface area contributed by atoms with E-state index in [1.807, 2.05) is 0 Å². The van der Waals surface area contributed by atoms with E-state index >= 15 is 0 Å². The minimum atomic E-state index is -2.56. The summed E-state index contributed by atoms with van der Waals surface area (Å²) < 4.78 is 20.8. The van der Waals surface area contributed by atoms with E-state index in [1.54, 1.807) is 21.3 Å². The fourth-order valence-electron chi connectivity index (χ4n) is 3.35. The first kappa shape index (κ1) is 28.9. The predicted octanol–water partition coefficient (Wildman–Crippen LogP) is 7.18. The summed E-state index contributed by atoms with van der Waals surface area (Å²) in [5.74, 6) is 0.363. The van der Waals surface area contributed by atoms with E-state index in [0.29, 0.717) is 31.6 Å². The van der Waals surface area contributed by atoms with Crippen LogP contribution < -0.4 is 0 Å². The minimum Gasteiger partial charge on any atom is -0.381 e. The van der Waals surface area contributed by atoms with Crippen LogP contribution in [0.25, 0.3) is 0 Å². The second-order valence-electron chi connectivity index (χ2n) is 7.40. The highest BCUT2D eigenvalue weighted by Crippen LogP contribution is 2.36. The molecule has 0 saturated heterocycles. The van der Waals surface area contributed by atoms with Crippen LogP contribution in [0.1, 0.15) is 77.6 Å². The van der Waals surface area contributed by atoms with Gasteiger partial charge in [0.25, 0.3) is 0 Å². The third-order valence-corrected chi connectivity index (χ3v) is 8.29. The molecule has 0 aromatic heterocycles. The van der Waals surface area contributed by atoms with Crippen molar-refractivity contribution in [2.24, 2.45) is 5.92 Å². The number of rotatable bonds is 19. The fraction of sp³-hybridized carbons (Fsp3) is 1.00. The first-order valence-electron chi connectivity index (χ1n) is 10.6. The molecule has 0 heterocycles. The van der Waals surface area contributed by atoms with Crippen LogP contribution in [0.3, 0.4) is 0 Å². The van der Waals surface area contributed by atoms with Gasteiger partial charge in [-0.25, -0.2) is 0 Å². The van der Waals surface area contributed by atoms with Gasteiger partial charge in [0.15, 0.2) is 3.79 Å². The van der Waals surface area contributed by atoms with Crippen molar-refractivity contribution >= 4 is 43.6 Å². The lowest BCUT2D eigenvalue weighted by Crippen LogP contribution is -2.43. The fourth-order valence-corrected chi connectivity index (χ4v) is 5.51. The summed E-state index contributed by atoms with van der Waals surface area (Å²) in [6.07, 6.45) is 13.0. The maximum absolute atomic E-state index is 6.04. The molecule has 1 unspecified atom stereocenters. The molecule has 8 heteroatoms. The Morgan fingerprint density at radius 3 is 1.79 bits per heavy atom. The van der Waals surface area contributed by atoms with E-state index in [2.05, 4.69) is 6.92 Å². The van der Waals surface area contributed by atoms with E-state index in [0.717, 1.165) is 12.8 Å². The Hall–Kier alpha value is 0.927. The molecular formula is C20H41Cl3O4Si. The van der Waals surface area contributed by atoms with Gasteiger partial charge in [-0.2, -0.15) is 0 Å². The van der Waals surface area contributed by atoms with Gasteiger partial charge in [-0.15, -0.1) is 0 Å². The molecular weight excluding hydrogens is 439 g/mol. The van der Waals surface area contributed by atoms with E-state index in [9.17, 15) is 0 Å². The topological polar surface area (TPSA) is 36.9 Å². The minimum absolute atomic E-state index is 0.363. The second-order valence-corrected chi connectivity index (χ2v) is 13.0. The molecule has 0 aromatic carbocycles. The maximum Gasteiger partial charge on any atom is 0.502 e. The molecule has 0 fully saturated rings.